The predicted octanol–water partition coefficient (Wildman–Crippen LogP) is 2.57. The number of methoxy groups -OCH3 is 1. The molecule has 0 radical (unpaired) electrons. The summed E-state index contributed by atoms with van der Waals surface area (Å²) in [6, 6.07) is 14.0. The van der Waals surface area contributed by atoms with Gasteiger partial charge in [0.1, 0.15) is 17.9 Å². The van der Waals surface area contributed by atoms with Gasteiger partial charge in [-0.05, 0) is 62.9 Å². The molecule has 47 heavy (non-hydrogen) atoms. The molecule has 2 saturated heterocycles. The Labute approximate surface area is 276 Å². The number of rotatable bonds is 13. The summed E-state index contributed by atoms with van der Waals surface area (Å²) in [7, 11) is 1.59. The molecule has 5 N–H and O–H groups in total. The molecule has 2 aromatic carbocycles. The second-order valence-electron chi connectivity index (χ2n) is 13.6. The van der Waals surface area contributed by atoms with Gasteiger partial charge in [-0.2, -0.15) is 5.06 Å². The third-order valence-corrected chi connectivity index (χ3v) is 8.88. The van der Waals surface area contributed by atoms with Crippen LogP contribution >= 0.6 is 0 Å². The molecule has 252 valence electrons. The van der Waals surface area contributed by atoms with E-state index in [2.05, 4.69) is 22.5 Å². The number of carbonyl (C=O) groups is 3. The summed E-state index contributed by atoms with van der Waals surface area (Å²) in [5.74, 6) is 5.23. The lowest BCUT2D eigenvalue weighted by Crippen LogP contribution is -2.61. The fraction of sp³-hybridized carbons (Fsp3) is 0.528. The van der Waals surface area contributed by atoms with Gasteiger partial charge in [0.25, 0.3) is 5.91 Å². The van der Waals surface area contributed by atoms with E-state index in [0.717, 1.165) is 16.7 Å². The van der Waals surface area contributed by atoms with Crippen molar-refractivity contribution in [2.24, 2.45) is 17.1 Å². The second-order valence-corrected chi connectivity index (χ2v) is 13.6. The van der Waals surface area contributed by atoms with Crippen LogP contribution in [0, 0.1) is 23.2 Å². The number of hydroxylamine groups is 2. The SMILES string of the molecule is COc1ccc(CNC(=O)C2C3C(O)C4OC4C[C@]3(C(=O)NCCCCCC(N)=O)ON2Cc2ccccc2C#CC(C)(C)C)cc1. The molecular weight excluding hydrogens is 600 g/mol. The van der Waals surface area contributed by atoms with E-state index in [9.17, 15) is 19.5 Å². The fourth-order valence-electron chi connectivity index (χ4n) is 6.42. The molecule has 0 aromatic heterocycles. The number of epoxide rings is 1. The van der Waals surface area contributed by atoms with Crippen LogP contribution in [0.2, 0.25) is 0 Å². The number of primary amides is 1. The van der Waals surface area contributed by atoms with Crippen molar-refractivity contribution in [3.63, 3.8) is 0 Å². The first kappa shape index (κ1) is 34.4. The molecule has 2 aromatic rings. The molecule has 3 aliphatic rings. The third-order valence-electron chi connectivity index (χ3n) is 8.88. The molecule has 3 amide bonds. The minimum Gasteiger partial charge on any atom is -0.497 e. The number of aliphatic hydroxyl groups is 1. The van der Waals surface area contributed by atoms with Crippen LogP contribution in [-0.4, -0.2) is 71.5 Å². The highest BCUT2D eigenvalue weighted by Gasteiger charge is 2.72. The smallest absolute Gasteiger partial charge is 0.254 e. The van der Waals surface area contributed by atoms with Gasteiger partial charge in [-0.25, -0.2) is 0 Å². The second kappa shape index (κ2) is 14.4. The maximum Gasteiger partial charge on any atom is 0.254 e. The lowest BCUT2D eigenvalue weighted by atomic mass is 9.70. The van der Waals surface area contributed by atoms with E-state index < -0.39 is 35.7 Å². The van der Waals surface area contributed by atoms with Crippen LogP contribution in [0.1, 0.15) is 69.6 Å². The van der Waals surface area contributed by atoms with Gasteiger partial charge in [-0.1, -0.05) is 48.6 Å². The first-order valence-corrected chi connectivity index (χ1v) is 16.3. The minimum absolute atomic E-state index is 0.164. The normalized spacial score (nSPS) is 26.3. The summed E-state index contributed by atoms with van der Waals surface area (Å²) in [6.07, 6.45) is 0.555. The van der Waals surface area contributed by atoms with Crippen LogP contribution in [0.15, 0.2) is 48.5 Å². The number of nitrogens with zero attached hydrogens (tertiary/aromatic N) is 1. The Morgan fingerprint density at radius 3 is 2.53 bits per heavy atom. The summed E-state index contributed by atoms with van der Waals surface area (Å²) in [5, 5.41) is 19.1. The topological polar surface area (TPSA) is 156 Å². The molecule has 0 spiro atoms. The quantitative estimate of drug-likeness (QED) is 0.147. The van der Waals surface area contributed by atoms with Crippen LogP contribution < -0.4 is 21.1 Å². The first-order valence-electron chi connectivity index (χ1n) is 16.3. The largest absolute Gasteiger partial charge is 0.497 e. The summed E-state index contributed by atoms with van der Waals surface area (Å²) < 4.78 is 11.0. The lowest BCUT2D eigenvalue weighted by molar-refractivity contribution is -0.219. The highest BCUT2D eigenvalue weighted by molar-refractivity contribution is 5.90. The molecule has 5 unspecified atom stereocenters. The molecule has 1 aliphatic carbocycles. The zero-order valence-corrected chi connectivity index (χ0v) is 27.6. The van der Waals surface area contributed by atoms with Crippen LogP contribution in [-0.2, 0) is 37.0 Å². The van der Waals surface area contributed by atoms with Gasteiger partial charge < -0.3 is 30.9 Å². The highest BCUT2D eigenvalue weighted by Crippen LogP contribution is 2.53. The van der Waals surface area contributed by atoms with Crippen LogP contribution in [0.25, 0.3) is 0 Å². The summed E-state index contributed by atoms with van der Waals surface area (Å²) >= 11 is 0. The third kappa shape index (κ3) is 8.14. The summed E-state index contributed by atoms with van der Waals surface area (Å²) in [6.45, 7) is 6.85. The number of fused-ring (bicyclic) bond motifs is 2. The number of hydrogen-bond donors (Lipinski definition) is 4. The van der Waals surface area contributed by atoms with Crippen LogP contribution in [0.4, 0.5) is 0 Å². The Balaban J connectivity index is 1.43. The Bertz CT molecular complexity index is 1510. The Morgan fingerprint density at radius 2 is 1.83 bits per heavy atom. The van der Waals surface area contributed by atoms with E-state index in [-0.39, 0.29) is 42.8 Å². The Hall–Kier alpha value is -3.95. The van der Waals surface area contributed by atoms with E-state index in [4.69, 9.17) is 20.0 Å². The standard InChI is InChI=1S/C36H46N4O7/c1-35(2,3)18-17-24-10-7-8-11-25(24)22-40-30(33(43)39-21-23-13-15-26(45-4)16-14-23)29-31(42)32-27(46-32)20-36(29,47-40)34(44)38-19-9-5-6-12-28(37)41/h7-8,10-11,13-16,27,29-32,42H,5-6,9,12,19-22H2,1-4H3,(H2,37,41)(H,38,44)(H,39,43)/t27?,29?,30?,31?,32?,36-/m0/s1. The number of ether oxygens (including phenoxy) is 2. The van der Waals surface area contributed by atoms with Crippen molar-refractivity contribution >= 4 is 17.7 Å². The lowest BCUT2D eigenvalue weighted by Gasteiger charge is -2.37. The number of hydrogen-bond acceptors (Lipinski definition) is 8. The molecular formula is C36H46N4O7. The number of amides is 3. The maximum absolute atomic E-state index is 14.2. The minimum atomic E-state index is -1.53. The van der Waals surface area contributed by atoms with Gasteiger partial charge in [0.15, 0.2) is 5.60 Å². The van der Waals surface area contributed by atoms with Crippen molar-refractivity contribution in [2.45, 2.75) is 95.9 Å². The van der Waals surface area contributed by atoms with Crippen LogP contribution in [0.5, 0.6) is 5.75 Å². The molecule has 3 fully saturated rings. The monoisotopic (exact) mass is 646 g/mol. The van der Waals surface area contributed by atoms with Gasteiger partial charge in [0.05, 0.1) is 31.8 Å². The Kier molecular flexibility index (Phi) is 10.6. The van der Waals surface area contributed by atoms with E-state index in [0.29, 0.717) is 38.0 Å². The average molecular weight is 647 g/mol. The van der Waals surface area contributed by atoms with Crippen molar-refractivity contribution in [3.8, 4) is 17.6 Å². The van der Waals surface area contributed by atoms with Crippen molar-refractivity contribution < 1.29 is 33.8 Å². The maximum atomic E-state index is 14.2. The predicted molar refractivity (Wildman–Crippen MR) is 174 cm³/mol. The highest BCUT2D eigenvalue weighted by atomic mass is 16.7. The van der Waals surface area contributed by atoms with Crippen LogP contribution in [0.3, 0.4) is 0 Å². The van der Waals surface area contributed by atoms with Crippen molar-refractivity contribution in [1.82, 2.24) is 15.7 Å². The molecule has 2 heterocycles. The molecule has 11 heteroatoms. The molecule has 0 bridgehead atoms. The fourth-order valence-corrected chi connectivity index (χ4v) is 6.42. The number of nitrogens with one attached hydrogen (secondary N) is 2. The molecule has 6 atom stereocenters. The number of benzene rings is 2. The van der Waals surface area contributed by atoms with E-state index in [1.54, 1.807) is 12.2 Å². The van der Waals surface area contributed by atoms with E-state index >= 15 is 0 Å². The van der Waals surface area contributed by atoms with E-state index in [1.807, 2.05) is 69.3 Å². The average Bonchev–Trinajstić information content (AvgIpc) is 3.74. The molecule has 2 aliphatic heterocycles. The molecule has 1 saturated carbocycles. The zero-order chi connectivity index (χ0) is 33.8. The Morgan fingerprint density at radius 1 is 1.09 bits per heavy atom. The van der Waals surface area contributed by atoms with Crippen molar-refractivity contribution in [2.75, 3.05) is 13.7 Å². The van der Waals surface area contributed by atoms with E-state index in [1.165, 1.54) is 0 Å². The molecule has 11 nitrogen and oxygen atoms in total. The van der Waals surface area contributed by atoms with Gasteiger partial charge >= 0.3 is 0 Å². The van der Waals surface area contributed by atoms with Gasteiger partial charge in [0.2, 0.25) is 11.8 Å². The first-order chi connectivity index (χ1) is 22.4. The van der Waals surface area contributed by atoms with Crippen molar-refractivity contribution in [3.05, 3.63) is 65.2 Å². The van der Waals surface area contributed by atoms with Gasteiger partial charge in [0, 0.05) is 36.9 Å². The van der Waals surface area contributed by atoms with Gasteiger partial charge in [-0.3, -0.25) is 19.2 Å². The number of carbonyl (C=O) groups excluding carboxylic acids is 3. The zero-order valence-electron chi connectivity index (χ0n) is 27.6. The number of unbranched alkanes of at least 4 members (excludes halogenated alkanes) is 2. The summed E-state index contributed by atoms with van der Waals surface area (Å²) in [4.78, 5) is 45.9. The van der Waals surface area contributed by atoms with Gasteiger partial charge in [-0.15, -0.1) is 0 Å². The van der Waals surface area contributed by atoms with Crippen molar-refractivity contribution in [1.29, 1.82) is 0 Å². The number of nitrogens with two attached hydrogens (primary N) is 1. The molecule has 5 rings (SSSR count). The number of aliphatic hydroxyl groups excluding tert-OH is 1. The summed E-state index contributed by atoms with van der Waals surface area (Å²) in [5.41, 5.74) is 5.98.